The lowest BCUT2D eigenvalue weighted by Crippen LogP contribution is -2.09. The van der Waals surface area contributed by atoms with Crippen LogP contribution in [0, 0.1) is 5.92 Å². The first-order valence-electron chi connectivity index (χ1n) is 5.19. The molecule has 1 aromatic rings. The second kappa shape index (κ2) is 5.91. The summed E-state index contributed by atoms with van der Waals surface area (Å²) >= 11 is 3.29. The normalized spacial score (nSPS) is 10.4. The van der Waals surface area contributed by atoms with Gasteiger partial charge in [-0.3, -0.25) is 0 Å². The van der Waals surface area contributed by atoms with Crippen LogP contribution in [0.1, 0.15) is 24.2 Å². The minimum absolute atomic E-state index is 0.0943. The standard InChI is InChI=1S/C12H15BrO4/c1-7(2)6-17-11-9(12(14)15)4-8(16-3)5-10(11)13/h4-5,7H,6H2,1-3H3,(H,14,15). The minimum Gasteiger partial charge on any atom is -0.497 e. The third kappa shape index (κ3) is 3.63. The predicted molar refractivity (Wildman–Crippen MR) is 68.0 cm³/mol. The van der Waals surface area contributed by atoms with Gasteiger partial charge in [0.2, 0.25) is 0 Å². The Morgan fingerprint density at radius 1 is 1.47 bits per heavy atom. The number of rotatable bonds is 5. The summed E-state index contributed by atoms with van der Waals surface area (Å²) in [4.78, 5) is 11.1. The third-order valence-corrected chi connectivity index (χ3v) is 2.63. The van der Waals surface area contributed by atoms with E-state index in [0.717, 1.165) is 0 Å². The first kappa shape index (κ1) is 13.8. The topological polar surface area (TPSA) is 55.8 Å². The summed E-state index contributed by atoms with van der Waals surface area (Å²) in [6, 6.07) is 3.13. The van der Waals surface area contributed by atoms with Crippen molar-refractivity contribution >= 4 is 21.9 Å². The number of aromatic carboxylic acids is 1. The van der Waals surface area contributed by atoms with E-state index < -0.39 is 5.97 Å². The van der Waals surface area contributed by atoms with E-state index in [4.69, 9.17) is 14.6 Å². The SMILES string of the molecule is COc1cc(Br)c(OCC(C)C)c(C(=O)O)c1. The summed E-state index contributed by atoms with van der Waals surface area (Å²) in [5, 5.41) is 9.12. The highest BCUT2D eigenvalue weighted by atomic mass is 79.9. The Balaban J connectivity index is 3.12. The van der Waals surface area contributed by atoms with E-state index >= 15 is 0 Å². The van der Waals surface area contributed by atoms with E-state index in [2.05, 4.69) is 15.9 Å². The number of ether oxygens (including phenoxy) is 2. The van der Waals surface area contributed by atoms with E-state index in [0.29, 0.717) is 28.5 Å². The zero-order valence-corrected chi connectivity index (χ0v) is 11.6. The molecular weight excluding hydrogens is 288 g/mol. The Hall–Kier alpha value is -1.23. The molecule has 1 aromatic carbocycles. The van der Waals surface area contributed by atoms with Gasteiger partial charge in [-0.1, -0.05) is 13.8 Å². The highest BCUT2D eigenvalue weighted by Crippen LogP contribution is 2.34. The maximum Gasteiger partial charge on any atom is 0.339 e. The molecule has 5 heteroatoms. The van der Waals surface area contributed by atoms with E-state index in [1.165, 1.54) is 13.2 Å². The summed E-state index contributed by atoms with van der Waals surface area (Å²) in [5.41, 5.74) is 0.0943. The van der Waals surface area contributed by atoms with Crippen LogP contribution in [0.5, 0.6) is 11.5 Å². The Kier molecular flexibility index (Phi) is 4.81. The van der Waals surface area contributed by atoms with Crippen LogP contribution in [0.25, 0.3) is 0 Å². The monoisotopic (exact) mass is 302 g/mol. The summed E-state index contributed by atoms with van der Waals surface area (Å²) in [5.74, 6) is 0.104. The molecular formula is C12H15BrO4. The molecule has 0 aromatic heterocycles. The molecule has 0 unspecified atom stereocenters. The Morgan fingerprint density at radius 2 is 2.12 bits per heavy atom. The molecule has 0 aliphatic carbocycles. The third-order valence-electron chi connectivity index (χ3n) is 2.04. The molecule has 0 radical (unpaired) electrons. The highest BCUT2D eigenvalue weighted by molar-refractivity contribution is 9.10. The van der Waals surface area contributed by atoms with Crippen LogP contribution in [0.2, 0.25) is 0 Å². The number of carboxylic acid groups (broad SMARTS) is 1. The predicted octanol–water partition coefficient (Wildman–Crippen LogP) is 3.19. The average molecular weight is 303 g/mol. The van der Waals surface area contributed by atoms with Crippen molar-refractivity contribution < 1.29 is 19.4 Å². The number of benzene rings is 1. The van der Waals surface area contributed by atoms with Gasteiger partial charge in [-0.2, -0.15) is 0 Å². The van der Waals surface area contributed by atoms with Gasteiger partial charge >= 0.3 is 5.97 Å². The molecule has 0 bridgehead atoms. The van der Waals surface area contributed by atoms with Gasteiger partial charge in [0.15, 0.2) is 0 Å². The summed E-state index contributed by atoms with van der Waals surface area (Å²) in [6.45, 7) is 4.46. The number of halogens is 1. The van der Waals surface area contributed by atoms with Gasteiger partial charge in [-0.05, 0) is 34.0 Å². The molecule has 94 valence electrons. The van der Waals surface area contributed by atoms with Crippen molar-refractivity contribution in [2.75, 3.05) is 13.7 Å². The van der Waals surface area contributed by atoms with Gasteiger partial charge in [-0.25, -0.2) is 4.79 Å². The van der Waals surface area contributed by atoms with Crippen molar-refractivity contribution in [2.45, 2.75) is 13.8 Å². The molecule has 0 atom stereocenters. The van der Waals surface area contributed by atoms with Crippen LogP contribution in [-0.4, -0.2) is 24.8 Å². The zero-order valence-electron chi connectivity index (χ0n) is 9.99. The molecule has 0 aliphatic rings. The van der Waals surface area contributed by atoms with Crippen molar-refractivity contribution in [3.63, 3.8) is 0 Å². The van der Waals surface area contributed by atoms with Gasteiger partial charge in [0.1, 0.15) is 17.1 Å². The molecule has 0 aliphatic heterocycles. The summed E-state index contributed by atoms with van der Waals surface area (Å²) in [6.07, 6.45) is 0. The van der Waals surface area contributed by atoms with Crippen LogP contribution in [-0.2, 0) is 0 Å². The molecule has 0 amide bonds. The van der Waals surface area contributed by atoms with Gasteiger partial charge in [0, 0.05) is 0 Å². The molecule has 4 nitrogen and oxygen atoms in total. The van der Waals surface area contributed by atoms with Crippen molar-refractivity contribution in [3.8, 4) is 11.5 Å². The average Bonchev–Trinajstić information content (AvgIpc) is 2.25. The first-order chi connectivity index (χ1) is 7.95. The minimum atomic E-state index is -1.04. The number of carbonyl (C=O) groups is 1. The molecule has 0 spiro atoms. The smallest absolute Gasteiger partial charge is 0.339 e. The number of hydrogen-bond donors (Lipinski definition) is 1. The molecule has 17 heavy (non-hydrogen) atoms. The van der Waals surface area contributed by atoms with Crippen molar-refractivity contribution in [1.29, 1.82) is 0 Å². The van der Waals surface area contributed by atoms with Gasteiger partial charge in [-0.15, -0.1) is 0 Å². The van der Waals surface area contributed by atoms with Gasteiger partial charge in [0.25, 0.3) is 0 Å². The lowest BCUT2D eigenvalue weighted by molar-refractivity contribution is 0.0691. The van der Waals surface area contributed by atoms with Gasteiger partial charge in [0.05, 0.1) is 18.2 Å². The first-order valence-corrected chi connectivity index (χ1v) is 5.98. The molecule has 0 heterocycles. The number of carboxylic acids is 1. The lowest BCUT2D eigenvalue weighted by atomic mass is 10.2. The van der Waals surface area contributed by atoms with Crippen LogP contribution in [0.3, 0.4) is 0 Å². The van der Waals surface area contributed by atoms with Crippen molar-refractivity contribution in [3.05, 3.63) is 22.2 Å². The van der Waals surface area contributed by atoms with Crippen LogP contribution in [0.15, 0.2) is 16.6 Å². The van der Waals surface area contributed by atoms with E-state index in [-0.39, 0.29) is 5.56 Å². The second-order valence-corrected chi connectivity index (χ2v) is 4.85. The Bertz CT molecular complexity index is 415. The maximum atomic E-state index is 11.1. The summed E-state index contributed by atoms with van der Waals surface area (Å²) in [7, 11) is 1.49. The fraction of sp³-hybridized carbons (Fsp3) is 0.417. The van der Waals surface area contributed by atoms with Crippen molar-refractivity contribution in [1.82, 2.24) is 0 Å². The fourth-order valence-corrected chi connectivity index (χ4v) is 1.80. The zero-order chi connectivity index (χ0) is 13.0. The Labute approximate surface area is 109 Å². The van der Waals surface area contributed by atoms with Crippen molar-refractivity contribution in [2.24, 2.45) is 5.92 Å². The lowest BCUT2D eigenvalue weighted by Gasteiger charge is -2.14. The molecule has 0 fully saturated rings. The summed E-state index contributed by atoms with van der Waals surface area (Å²) < 4.78 is 11.1. The van der Waals surface area contributed by atoms with Crippen LogP contribution in [0.4, 0.5) is 0 Å². The second-order valence-electron chi connectivity index (χ2n) is 4.00. The Morgan fingerprint density at radius 3 is 2.59 bits per heavy atom. The van der Waals surface area contributed by atoms with Crippen LogP contribution < -0.4 is 9.47 Å². The molecule has 0 saturated carbocycles. The van der Waals surface area contributed by atoms with Gasteiger partial charge < -0.3 is 14.6 Å². The molecule has 1 N–H and O–H groups in total. The van der Waals surface area contributed by atoms with E-state index in [1.54, 1.807) is 6.07 Å². The van der Waals surface area contributed by atoms with E-state index in [1.807, 2.05) is 13.8 Å². The quantitative estimate of drug-likeness (QED) is 0.907. The molecule has 0 saturated heterocycles. The fourth-order valence-electron chi connectivity index (χ4n) is 1.24. The highest BCUT2D eigenvalue weighted by Gasteiger charge is 2.17. The van der Waals surface area contributed by atoms with E-state index in [9.17, 15) is 4.79 Å². The number of methoxy groups -OCH3 is 1. The molecule has 1 rings (SSSR count). The van der Waals surface area contributed by atoms with Crippen LogP contribution >= 0.6 is 15.9 Å². The maximum absolute atomic E-state index is 11.1. The largest absolute Gasteiger partial charge is 0.497 e. The number of hydrogen-bond acceptors (Lipinski definition) is 3.